The SMILES string of the molecule is O=C(c1ccc2c(c1)CCCO2)N1CCc2oc(C3CCOC3)nc2C1. The number of nitrogens with zero attached hydrogens (tertiary/aromatic N) is 2. The van der Waals surface area contributed by atoms with E-state index in [2.05, 4.69) is 4.98 Å². The van der Waals surface area contributed by atoms with Crippen LogP contribution in [0.2, 0.25) is 0 Å². The molecule has 3 aliphatic heterocycles. The van der Waals surface area contributed by atoms with Crippen LogP contribution in [0.15, 0.2) is 22.6 Å². The number of hydrogen-bond donors (Lipinski definition) is 0. The van der Waals surface area contributed by atoms with Gasteiger partial charge in [0.2, 0.25) is 0 Å². The number of rotatable bonds is 2. The second kappa shape index (κ2) is 6.43. The van der Waals surface area contributed by atoms with Gasteiger partial charge in [-0.15, -0.1) is 0 Å². The number of aryl methyl sites for hydroxylation is 1. The normalized spacial score (nSPS) is 21.8. The lowest BCUT2D eigenvalue weighted by Gasteiger charge is -2.26. The quantitative estimate of drug-likeness (QED) is 0.830. The van der Waals surface area contributed by atoms with Gasteiger partial charge in [-0.3, -0.25) is 4.79 Å². The maximum absolute atomic E-state index is 13.0. The van der Waals surface area contributed by atoms with Crippen LogP contribution in [0.25, 0.3) is 0 Å². The number of carbonyl (C=O) groups excluding carboxylic acids is 1. The van der Waals surface area contributed by atoms with Gasteiger partial charge in [0.1, 0.15) is 17.2 Å². The van der Waals surface area contributed by atoms with Crippen molar-refractivity contribution in [1.82, 2.24) is 9.88 Å². The monoisotopic (exact) mass is 354 g/mol. The van der Waals surface area contributed by atoms with Crippen molar-refractivity contribution in [3.8, 4) is 5.75 Å². The number of hydrogen-bond acceptors (Lipinski definition) is 5. The zero-order chi connectivity index (χ0) is 17.5. The third-order valence-electron chi connectivity index (χ3n) is 5.47. The minimum atomic E-state index is 0.0535. The standard InChI is InChI=1S/C20H22N2O4/c23-20(14-3-4-17-13(10-14)2-1-8-25-17)22-7-5-18-16(11-22)21-19(26-18)15-6-9-24-12-15/h3-4,10,15H,1-2,5-9,11-12H2. The number of ether oxygens (including phenoxy) is 2. The maximum atomic E-state index is 13.0. The highest BCUT2D eigenvalue weighted by Gasteiger charge is 2.30. The fraction of sp³-hybridized carbons (Fsp3) is 0.500. The summed E-state index contributed by atoms with van der Waals surface area (Å²) in [6.07, 6.45) is 3.65. The predicted octanol–water partition coefficient (Wildman–Crippen LogP) is 2.70. The Morgan fingerprint density at radius 1 is 1.23 bits per heavy atom. The molecule has 0 saturated carbocycles. The predicted molar refractivity (Wildman–Crippen MR) is 93.4 cm³/mol. The third-order valence-corrected chi connectivity index (χ3v) is 5.47. The van der Waals surface area contributed by atoms with Crippen LogP contribution in [-0.4, -0.2) is 42.2 Å². The molecule has 0 radical (unpaired) electrons. The molecule has 1 aromatic heterocycles. The molecule has 1 saturated heterocycles. The van der Waals surface area contributed by atoms with Crippen molar-refractivity contribution in [3.63, 3.8) is 0 Å². The summed E-state index contributed by atoms with van der Waals surface area (Å²) in [4.78, 5) is 19.5. The highest BCUT2D eigenvalue weighted by molar-refractivity contribution is 5.94. The van der Waals surface area contributed by atoms with Crippen LogP contribution in [0.1, 0.15) is 52.0 Å². The molecule has 136 valence electrons. The van der Waals surface area contributed by atoms with Crippen molar-refractivity contribution in [2.75, 3.05) is 26.4 Å². The van der Waals surface area contributed by atoms with E-state index in [4.69, 9.17) is 13.9 Å². The van der Waals surface area contributed by atoms with Crippen LogP contribution in [0.5, 0.6) is 5.75 Å². The average molecular weight is 354 g/mol. The van der Waals surface area contributed by atoms with Crippen molar-refractivity contribution in [2.24, 2.45) is 0 Å². The Hall–Kier alpha value is -2.34. The Morgan fingerprint density at radius 2 is 2.19 bits per heavy atom. The maximum Gasteiger partial charge on any atom is 0.254 e. The van der Waals surface area contributed by atoms with Gasteiger partial charge in [-0.1, -0.05) is 0 Å². The molecule has 4 heterocycles. The summed E-state index contributed by atoms with van der Waals surface area (Å²) in [5.41, 5.74) is 2.75. The lowest BCUT2D eigenvalue weighted by molar-refractivity contribution is 0.0727. The van der Waals surface area contributed by atoms with Gasteiger partial charge in [-0.25, -0.2) is 4.98 Å². The number of aromatic nitrogens is 1. The first-order valence-corrected chi connectivity index (χ1v) is 9.39. The summed E-state index contributed by atoms with van der Waals surface area (Å²) in [5.74, 6) is 2.92. The Labute approximate surface area is 152 Å². The van der Waals surface area contributed by atoms with E-state index in [0.717, 1.165) is 73.1 Å². The summed E-state index contributed by atoms with van der Waals surface area (Å²) in [6, 6.07) is 5.77. The molecule has 5 rings (SSSR count). The van der Waals surface area contributed by atoms with E-state index in [0.29, 0.717) is 19.7 Å². The second-order valence-electron chi connectivity index (χ2n) is 7.23. The molecule has 3 aliphatic rings. The van der Waals surface area contributed by atoms with Crippen LogP contribution in [0.4, 0.5) is 0 Å². The first-order valence-electron chi connectivity index (χ1n) is 9.39. The van der Waals surface area contributed by atoms with Crippen molar-refractivity contribution < 1.29 is 18.7 Å². The number of amides is 1. The first kappa shape index (κ1) is 15.9. The zero-order valence-electron chi connectivity index (χ0n) is 14.7. The van der Waals surface area contributed by atoms with E-state index in [1.54, 1.807) is 0 Å². The minimum Gasteiger partial charge on any atom is -0.493 e. The highest BCUT2D eigenvalue weighted by Crippen LogP contribution is 2.30. The van der Waals surface area contributed by atoms with Gasteiger partial charge in [0.25, 0.3) is 5.91 Å². The number of oxazole rings is 1. The molecule has 1 aromatic carbocycles. The van der Waals surface area contributed by atoms with E-state index in [1.165, 1.54) is 0 Å². The van der Waals surface area contributed by atoms with Gasteiger partial charge in [0.05, 0.1) is 25.7 Å². The van der Waals surface area contributed by atoms with Crippen LogP contribution in [0, 0.1) is 0 Å². The Balaban J connectivity index is 1.34. The molecule has 6 heteroatoms. The van der Waals surface area contributed by atoms with Crippen molar-refractivity contribution in [3.05, 3.63) is 46.7 Å². The molecule has 1 atom stereocenters. The zero-order valence-corrected chi connectivity index (χ0v) is 14.7. The number of carbonyl (C=O) groups is 1. The van der Waals surface area contributed by atoms with E-state index in [-0.39, 0.29) is 11.8 Å². The van der Waals surface area contributed by atoms with Crippen LogP contribution < -0.4 is 4.74 Å². The first-order chi connectivity index (χ1) is 12.8. The molecule has 2 aromatic rings. The second-order valence-corrected chi connectivity index (χ2v) is 7.23. The highest BCUT2D eigenvalue weighted by atomic mass is 16.5. The summed E-state index contributed by atoms with van der Waals surface area (Å²) in [5, 5.41) is 0. The fourth-order valence-electron chi connectivity index (χ4n) is 3.97. The Morgan fingerprint density at radius 3 is 3.08 bits per heavy atom. The molecule has 1 amide bonds. The Kier molecular flexibility index (Phi) is 3.93. The van der Waals surface area contributed by atoms with E-state index < -0.39 is 0 Å². The molecule has 6 nitrogen and oxygen atoms in total. The molecular weight excluding hydrogens is 332 g/mol. The van der Waals surface area contributed by atoms with Gasteiger partial charge >= 0.3 is 0 Å². The molecule has 0 N–H and O–H groups in total. The molecular formula is C20H22N2O4. The van der Waals surface area contributed by atoms with Gasteiger partial charge in [0, 0.05) is 25.1 Å². The molecule has 1 fully saturated rings. The summed E-state index contributed by atoms with van der Waals surface area (Å²) >= 11 is 0. The topological polar surface area (TPSA) is 64.8 Å². The third kappa shape index (κ3) is 2.78. The van der Waals surface area contributed by atoms with Gasteiger partial charge < -0.3 is 18.8 Å². The van der Waals surface area contributed by atoms with Crippen molar-refractivity contribution in [1.29, 1.82) is 0 Å². The van der Waals surface area contributed by atoms with Gasteiger partial charge in [-0.2, -0.15) is 0 Å². The summed E-state index contributed by atoms with van der Waals surface area (Å²) < 4.78 is 17.0. The molecule has 0 bridgehead atoms. The summed E-state index contributed by atoms with van der Waals surface area (Å²) in [7, 11) is 0. The molecule has 0 spiro atoms. The smallest absolute Gasteiger partial charge is 0.254 e. The van der Waals surface area contributed by atoms with Gasteiger partial charge in [-0.05, 0) is 43.0 Å². The van der Waals surface area contributed by atoms with Gasteiger partial charge in [0.15, 0.2) is 5.89 Å². The van der Waals surface area contributed by atoms with E-state index >= 15 is 0 Å². The van der Waals surface area contributed by atoms with E-state index in [1.807, 2.05) is 23.1 Å². The molecule has 1 unspecified atom stereocenters. The average Bonchev–Trinajstić information content (AvgIpc) is 3.35. The lowest BCUT2D eigenvalue weighted by Crippen LogP contribution is -2.35. The largest absolute Gasteiger partial charge is 0.493 e. The van der Waals surface area contributed by atoms with E-state index in [9.17, 15) is 4.79 Å². The van der Waals surface area contributed by atoms with Crippen LogP contribution in [-0.2, 0) is 24.1 Å². The van der Waals surface area contributed by atoms with Crippen molar-refractivity contribution in [2.45, 2.75) is 38.1 Å². The molecule has 0 aliphatic carbocycles. The number of benzene rings is 1. The van der Waals surface area contributed by atoms with Crippen LogP contribution >= 0.6 is 0 Å². The Bertz CT molecular complexity index is 838. The number of fused-ring (bicyclic) bond motifs is 2. The summed E-state index contributed by atoms with van der Waals surface area (Å²) in [6.45, 7) is 3.38. The minimum absolute atomic E-state index is 0.0535. The fourth-order valence-corrected chi connectivity index (χ4v) is 3.97. The lowest BCUT2D eigenvalue weighted by atomic mass is 10.0. The molecule has 26 heavy (non-hydrogen) atoms. The van der Waals surface area contributed by atoms with Crippen LogP contribution in [0.3, 0.4) is 0 Å². The van der Waals surface area contributed by atoms with Crippen molar-refractivity contribution >= 4 is 5.91 Å².